The molecule has 0 aliphatic rings. The molecule has 4 aromatic rings. The Labute approximate surface area is 165 Å². The summed E-state index contributed by atoms with van der Waals surface area (Å²) in [7, 11) is 0. The van der Waals surface area contributed by atoms with Crippen molar-refractivity contribution in [3.63, 3.8) is 0 Å². The number of para-hydroxylation sites is 1. The third kappa shape index (κ3) is 4.33. The van der Waals surface area contributed by atoms with Crippen molar-refractivity contribution in [3.8, 4) is 0 Å². The van der Waals surface area contributed by atoms with Crippen molar-refractivity contribution in [1.82, 2.24) is 0 Å². The van der Waals surface area contributed by atoms with Gasteiger partial charge in [-0.3, -0.25) is 0 Å². The molecule has 142 valence electrons. The molecule has 1 heterocycles. The summed E-state index contributed by atoms with van der Waals surface area (Å²) in [5.41, 5.74) is 4.23. The lowest BCUT2D eigenvalue weighted by atomic mass is 10.0. The molecule has 0 spiro atoms. The number of ether oxygens (including phenoxy) is 2. The van der Waals surface area contributed by atoms with E-state index >= 15 is 0 Å². The Morgan fingerprint density at radius 1 is 0.786 bits per heavy atom. The van der Waals surface area contributed by atoms with Crippen LogP contribution in [0, 0.1) is 0 Å². The van der Waals surface area contributed by atoms with E-state index in [1.165, 1.54) is 0 Å². The zero-order valence-corrected chi connectivity index (χ0v) is 16.0. The molecule has 0 aliphatic heterocycles. The molecule has 3 heteroatoms. The predicted molar refractivity (Wildman–Crippen MR) is 111 cm³/mol. The highest BCUT2D eigenvalue weighted by molar-refractivity contribution is 5.80. The first-order chi connectivity index (χ1) is 13.8. The predicted octanol–water partition coefficient (Wildman–Crippen LogP) is 6.14. The lowest BCUT2D eigenvalue weighted by Gasteiger charge is -2.23. The zero-order valence-electron chi connectivity index (χ0n) is 16.0. The van der Waals surface area contributed by atoms with Gasteiger partial charge < -0.3 is 13.9 Å². The average molecular weight is 372 g/mol. The largest absolute Gasteiger partial charge is 0.464 e. The summed E-state index contributed by atoms with van der Waals surface area (Å²) in [6.45, 7) is 3.06. The highest BCUT2D eigenvalue weighted by Gasteiger charge is 2.18. The van der Waals surface area contributed by atoms with Gasteiger partial charge in [-0.25, -0.2) is 0 Å². The first-order valence-electron chi connectivity index (χ1n) is 9.59. The topological polar surface area (TPSA) is 31.6 Å². The average Bonchev–Trinajstić information content (AvgIpc) is 3.16. The van der Waals surface area contributed by atoms with Crippen LogP contribution < -0.4 is 0 Å². The van der Waals surface area contributed by atoms with Gasteiger partial charge in [0.05, 0.1) is 25.6 Å². The van der Waals surface area contributed by atoms with Gasteiger partial charge in [0.1, 0.15) is 11.7 Å². The van der Waals surface area contributed by atoms with Gasteiger partial charge >= 0.3 is 0 Å². The minimum atomic E-state index is -0.115. The Bertz CT molecular complexity index is 952. The van der Waals surface area contributed by atoms with Crippen LogP contribution >= 0.6 is 0 Å². The monoisotopic (exact) mass is 372 g/mol. The third-order valence-corrected chi connectivity index (χ3v) is 4.74. The normalized spacial score (nSPS) is 12.5. The second-order valence-electron chi connectivity index (χ2n) is 6.92. The van der Waals surface area contributed by atoms with E-state index in [2.05, 4.69) is 30.3 Å². The van der Waals surface area contributed by atoms with E-state index in [0.717, 1.165) is 27.7 Å². The van der Waals surface area contributed by atoms with Gasteiger partial charge in [0, 0.05) is 10.9 Å². The van der Waals surface area contributed by atoms with E-state index in [4.69, 9.17) is 13.9 Å². The van der Waals surface area contributed by atoms with Crippen molar-refractivity contribution in [1.29, 1.82) is 0 Å². The minimum absolute atomic E-state index is 0.0522. The number of hydrogen-bond donors (Lipinski definition) is 0. The molecule has 0 fully saturated rings. The van der Waals surface area contributed by atoms with Crippen molar-refractivity contribution < 1.29 is 13.9 Å². The molecule has 1 aromatic heterocycles. The van der Waals surface area contributed by atoms with Gasteiger partial charge in [-0.05, 0) is 24.1 Å². The summed E-state index contributed by atoms with van der Waals surface area (Å²) in [4.78, 5) is 0. The minimum Gasteiger partial charge on any atom is -0.464 e. The Balaban J connectivity index is 1.40. The summed E-state index contributed by atoms with van der Waals surface area (Å²) in [5.74, 6) is 0. The van der Waals surface area contributed by atoms with E-state index in [1.807, 2.05) is 61.5 Å². The number of benzene rings is 3. The number of hydrogen-bond acceptors (Lipinski definition) is 3. The maximum Gasteiger partial charge on any atom is 0.134 e. The van der Waals surface area contributed by atoms with Crippen LogP contribution in [-0.4, -0.2) is 12.7 Å². The van der Waals surface area contributed by atoms with Gasteiger partial charge in [-0.15, -0.1) is 0 Å². The van der Waals surface area contributed by atoms with Gasteiger partial charge in [0.15, 0.2) is 0 Å². The molecule has 0 aliphatic carbocycles. The van der Waals surface area contributed by atoms with Crippen LogP contribution in [0.3, 0.4) is 0 Å². The molecule has 3 aromatic carbocycles. The van der Waals surface area contributed by atoms with Crippen molar-refractivity contribution >= 4 is 11.0 Å². The van der Waals surface area contributed by atoms with E-state index in [9.17, 15) is 0 Å². The van der Waals surface area contributed by atoms with Gasteiger partial charge in [0.2, 0.25) is 0 Å². The summed E-state index contributed by atoms with van der Waals surface area (Å²) in [5, 5.41) is 1.10. The molecular formula is C25H24O3. The Hall–Kier alpha value is -2.88. The van der Waals surface area contributed by atoms with Crippen molar-refractivity contribution in [2.45, 2.75) is 25.7 Å². The molecule has 0 radical (unpaired) electrons. The third-order valence-electron chi connectivity index (χ3n) is 4.74. The van der Waals surface area contributed by atoms with Gasteiger partial charge in [-0.2, -0.15) is 0 Å². The second kappa shape index (κ2) is 8.87. The van der Waals surface area contributed by atoms with E-state index < -0.39 is 0 Å². The lowest BCUT2D eigenvalue weighted by Crippen LogP contribution is -2.20. The number of furan rings is 1. The van der Waals surface area contributed by atoms with Gasteiger partial charge in [-0.1, -0.05) is 78.9 Å². The quantitative estimate of drug-likeness (QED) is 0.372. The standard InChI is InChI=1S/C25H24O3/c1-19(16-26-17-22-18-27-24-15-9-8-14-23(22)24)28-25(20-10-4-2-5-11-20)21-12-6-3-7-13-21/h2-15,18-19,25H,16-17H2,1H3. The zero-order chi connectivity index (χ0) is 19.2. The Kier molecular flexibility index (Phi) is 5.86. The number of rotatable bonds is 8. The van der Waals surface area contributed by atoms with Crippen LogP contribution in [0.25, 0.3) is 11.0 Å². The maximum absolute atomic E-state index is 6.38. The van der Waals surface area contributed by atoms with Crippen LogP contribution in [-0.2, 0) is 16.1 Å². The van der Waals surface area contributed by atoms with E-state index in [1.54, 1.807) is 6.26 Å². The smallest absolute Gasteiger partial charge is 0.134 e. The molecule has 0 N–H and O–H groups in total. The summed E-state index contributed by atoms with van der Waals surface area (Å²) in [6.07, 6.45) is 1.60. The fourth-order valence-electron chi connectivity index (χ4n) is 3.36. The highest BCUT2D eigenvalue weighted by atomic mass is 16.5. The molecule has 1 atom stereocenters. The number of fused-ring (bicyclic) bond motifs is 1. The first-order valence-corrected chi connectivity index (χ1v) is 9.59. The van der Waals surface area contributed by atoms with Crippen LogP contribution in [0.5, 0.6) is 0 Å². The van der Waals surface area contributed by atoms with Crippen molar-refractivity contribution in [3.05, 3.63) is 108 Å². The molecular weight excluding hydrogens is 348 g/mol. The lowest BCUT2D eigenvalue weighted by molar-refractivity contribution is -0.0390. The summed E-state index contributed by atoms with van der Waals surface area (Å²) >= 11 is 0. The molecule has 0 saturated heterocycles. The summed E-state index contributed by atoms with van der Waals surface area (Å²) in [6, 6.07) is 28.6. The van der Waals surface area contributed by atoms with Crippen LogP contribution in [0.15, 0.2) is 95.6 Å². The molecule has 3 nitrogen and oxygen atoms in total. The van der Waals surface area contributed by atoms with E-state index in [-0.39, 0.29) is 12.2 Å². The van der Waals surface area contributed by atoms with Crippen LogP contribution in [0.1, 0.15) is 29.7 Å². The van der Waals surface area contributed by atoms with E-state index in [0.29, 0.717) is 13.2 Å². The molecule has 4 rings (SSSR count). The summed E-state index contributed by atoms with van der Waals surface area (Å²) < 4.78 is 17.9. The maximum atomic E-state index is 6.38. The molecule has 0 saturated carbocycles. The highest BCUT2D eigenvalue weighted by Crippen LogP contribution is 2.27. The van der Waals surface area contributed by atoms with Crippen molar-refractivity contribution in [2.75, 3.05) is 6.61 Å². The second-order valence-corrected chi connectivity index (χ2v) is 6.92. The Morgan fingerprint density at radius 2 is 1.39 bits per heavy atom. The molecule has 0 amide bonds. The van der Waals surface area contributed by atoms with Crippen LogP contribution in [0.2, 0.25) is 0 Å². The van der Waals surface area contributed by atoms with Crippen molar-refractivity contribution in [2.24, 2.45) is 0 Å². The fraction of sp³-hybridized carbons (Fsp3) is 0.200. The fourth-order valence-corrected chi connectivity index (χ4v) is 3.36. The molecule has 28 heavy (non-hydrogen) atoms. The Morgan fingerprint density at radius 3 is 2.07 bits per heavy atom. The van der Waals surface area contributed by atoms with Crippen LogP contribution in [0.4, 0.5) is 0 Å². The first kappa shape index (κ1) is 18.5. The molecule has 1 unspecified atom stereocenters. The SMILES string of the molecule is CC(COCc1coc2ccccc12)OC(c1ccccc1)c1ccccc1. The molecule has 0 bridgehead atoms. The van der Waals surface area contributed by atoms with Gasteiger partial charge in [0.25, 0.3) is 0 Å².